The van der Waals surface area contributed by atoms with Crippen LogP contribution in [-0.4, -0.2) is 26.4 Å². The largest absolute Gasteiger partial charge is 0.487 e. The maximum Gasteiger partial charge on any atom is 0.134 e. The van der Waals surface area contributed by atoms with Crippen molar-refractivity contribution in [2.24, 2.45) is 0 Å². The van der Waals surface area contributed by atoms with Gasteiger partial charge in [0.25, 0.3) is 0 Å². The van der Waals surface area contributed by atoms with Crippen LogP contribution in [0.4, 0.5) is 4.39 Å². The Bertz CT molecular complexity index is 569. The zero-order valence-electron chi connectivity index (χ0n) is 13.7. The minimum Gasteiger partial charge on any atom is -0.487 e. The van der Waals surface area contributed by atoms with E-state index in [0.717, 1.165) is 13.0 Å². The Morgan fingerprint density at radius 3 is 2.26 bits per heavy atom. The summed E-state index contributed by atoms with van der Waals surface area (Å²) in [6.45, 7) is 4.05. The predicted octanol–water partition coefficient (Wildman–Crippen LogP) is 3.57. The van der Waals surface area contributed by atoms with Crippen LogP contribution in [0.15, 0.2) is 48.5 Å². The van der Waals surface area contributed by atoms with Gasteiger partial charge < -0.3 is 14.8 Å². The zero-order chi connectivity index (χ0) is 16.5. The number of halogens is 1. The van der Waals surface area contributed by atoms with Gasteiger partial charge in [-0.1, -0.05) is 31.2 Å². The molecular weight excluding hydrogens is 293 g/mol. The summed E-state index contributed by atoms with van der Waals surface area (Å²) in [6, 6.07) is 14.6. The molecule has 4 heteroatoms. The lowest BCUT2D eigenvalue weighted by molar-refractivity contribution is 0.0804. The number of hydrogen-bond acceptors (Lipinski definition) is 3. The summed E-state index contributed by atoms with van der Waals surface area (Å²) in [4.78, 5) is 0. The summed E-state index contributed by atoms with van der Waals surface area (Å²) < 4.78 is 23.9. The van der Waals surface area contributed by atoms with E-state index in [2.05, 4.69) is 36.5 Å². The lowest BCUT2D eigenvalue weighted by Gasteiger charge is -2.19. The molecule has 0 amide bonds. The molecule has 0 heterocycles. The predicted molar refractivity (Wildman–Crippen MR) is 90.2 cm³/mol. The molecule has 1 N–H and O–H groups in total. The normalized spacial score (nSPS) is 12.1. The quantitative estimate of drug-likeness (QED) is 0.767. The standard InChI is InChI=1S/C19H24FNO2/c1-3-15-4-6-16(7-5-15)12-21-13-19(14-22-2)23-18-10-8-17(20)9-11-18/h4-11,19,21H,3,12-14H2,1-2H3. The molecule has 0 aliphatic rings. The second-order valence-corrected chi connectivity index (χ2v) is 5.45. The third-order valence-electron chi connectivity index (χ3n) is 3.60. The molecule has 124 valence electrons. The fraction of sp³-hybridized carbons (Fsp3) is 0.368. The highest BCUT2D eigenvalue weighted by Crippen LogP contribution is 2.13. The first-order valence-corrected chi connectivity index (χ1v) is 7.91. The van der Waals surface area contributed by atoms with Gasteiger partial charge in [-0.3, -0.25) is 0 Å². The molecule has 0 bridgehead atoms. The van der Waals surface area contributed by atoms with Crippen molar-refractivity contribution < 1.29 is 13.9 Å². The smallest absolute Gasteiger partial charge is 0.134 e. The molecule has 0 saturated heterocycles. The van der Waals surface area contributed by atoms with Crippen LogP contribution in [-0.2, 0) is 17.7 Å². The Balaban J connectivity index is 1.82. The van der Waals surface area contributed by atoms with Gasteiger partial charge in [-0.2, -0.15) is 0 Å². The van der Waals surface area contributed by atoms with Gasteiger partial charge >= 0.3 is 0 Å². The SMILES string of the molecule is CCc1ccc(CNCC(COC)Oc2ccc(F)cc2)cc1. The van der Waals surface area contributed by atoms with Gasteiger partial charge in [-0.05, 0) is 41.8 Å². The van der Waals surface area contributed by atoms with E-state index in [0.29, 0.717) is 18.9 Å². The van der Waals surface area contributed by atoms with Crippen molar-refractivity contribution in [1.82, 2.24) is 5.32 Å². The van der Waals surface area contributed by atoms with Crippen molar-refractivity contribution in [1.29, 1.82) is 0 Å². The lowest BCUT2D eigenvalue weighted by atomic mass is 10.1. The molecule has 1 unspecified atom stereocenters. The Morgan fingerprint density at radius 2 is 1.65 bits per heavy atom. The highest BCUT2D eigenvalue weighted by atomic mass is 19.1. The van der Waals surface area contributed by atoms with Gasteiger partial charge in [0.05, 0.1) is 6.61 Å². The molecular formula is C19H24FNO2. The molecule has 3 nitrogen and oxygen atoms in total. The zero-order valence-corrected chi connectivity index (χ0v) is 13.7. The molecule has 0 radical (unpaired) electrons. The molecule has 0 aliphatic heterocycles. The molecule has 0 fully saturated rings. The maximum atomic E-state index is 12.9. The molecule has 2 aromatic rings. The van der Waals surface area contributed by atoms with Crippen molar-refractivity contribution in [3.05, 3.63) is 65.5 Å². The summed E-state index contributed by atoms with van der Waals surface area (Å²) in [7, 11) is 1.64. The van der Waals surface area contributed by atoms with E-state index < -0.39 is 0 Å². The van der Waals surface area contributed by atoms with Crippen LogP contribution in [0.25, 0.3) is 0 Å². The van der Waals surface area contributed by atoms with Gasteiger partial charge in [0.15, 0.2) is 0 Å². The number of aryl methyl sites for hydroxylation is 1. The van der Waals surface area contributed by atoms with E-state index in [1.54, 1.807) is 19.2 Å². The maximum absolute atomic E-state index is 12.9. The molecule has 2 rings (SSSR count). The first-order valence-electron chi connectivity index (χ1n) is 7.91. The molecule has 0 spiro atoms. The first-order chi connectivity index (χ1) is 11.2. The van der Waals surface area contributed by atoms with E-state index in [-0.39, 0.29) is 11.9 Å². The first kappa shape index (κ1) is 17.4. The summed E-state index contributed by atoms with van der Waals surface area (Å²) in [5.74, 6) is 0.372. The van der Waals surface area contributed by atoms with Crippen molar-refractivity contribution in [2.45, 2.75) is 26.0 Å². The fourth-order valence-electron chi connectivity index (χ4n) is 2.30. The van der Waals surface area contributed by atoms with Crippen LogP contribution in [0.5, 0.6) is 5.75 Å². The van der Waals surface area contributed by atoms with Gasteiger partial charge in [0.2, 0.25) is 0 Å². The minimum absolute atomic E-state index is 0.125. The third kappa shape index (κ3) is 6.00. The molecule has 2 aromatic carbocycles. The van der Waals surface area contributed by atoms with Crippen molar-refractivity contribution >= 4 is 0 Å². The number of methoxy groups -OCH3 is 1. The van der Waals surface area contributed by atoms with Gasteiger partial charge in [-0.25, -0.2) is 4.39 Å². The number of ether oxygens (including phenoxy) is 2. The Morgan fingerprint density at radius 1 is 1.00 bits per heavy atom. The van der Waals surface area contributed by atoms with E-state index in [1.807, 2.05) is 0 Å². The number of hydrogen-bond donors (Lipinski definition) is 1. The van der Waals surface area contributed by atoms with Gasteiger partial charge in [-0.15, -0.1) is 0 Å². The van der Waals surface area contributed by atoms with Crippen LogP contribution in [0, 0.1) is 5.82 Å². The van der Waals surface area contributed by atoms with Crippen LogP contribution in [0.3, 0.4) is 0 Å². The molecule has 0 saturated carbocycles. The van der Waals surface area contributed by atoms with Gasteiger partial charge in [0.1, 0.15) is 17.7 Å². The summed E-state index contributed by atoms with van der Waals surface area (Å²) in [5.41, 5.74) is 2.57. The van der Waals surface area contributed by atoms with Gasteiger partial charge in [0, 0.05) is 20.2 Å². The van der Waals surface area contributed by atoms with E-state index in [9.17, 15) is 4.39 Å². The number of nitrogens with one attached hydrogen (secondary N) is 1. The second kappa shape index (κ2) is 9.28. The summed E-state index contributed by atoms with van der Waals surface area (Å²) in [6.07, 6.45) is 0.926. The van der Waals surface area contributed by atoms with Crippen LogP contribution in [0.1, 0.15) is 18.1 Å². The topological polar surface area (TPSA) is 30.5 Å². The Hall–Kier alpha value is -1.91. The highest BCUT2D eigenvalue weighted by molar-refractivity contribution is 5.23. The highest BCUT2D eigenvalue weighted by Gasteiger charge is 2.10. The lowest BCUT2D eigenvalue weighted by Crippen LogP contribution is -2.34. The molecule has 1 atom stereocenters. The fourth-order valence-corrected chi connectivity index (χ4v) is 2.30. The van der Waals surface area contributed by atoms with Crippen molar-refractivity contribution in [3.8, 4) is 5.75 Å². The van der Waals surface area contributed by atoms with Crippen LogP contribution < -0.4 is 10.1 Å². The second-order valence-electron chi connectivity index (χ2n) is 5.45. The third-order valence-corrected chi connectivity index (χ3v) is 3.60. The van der Waals surface area contributed by atoms with E-state index >= 15 is 0 Å². The van der Waals surface area contributed by atoms with Crippen LogP contribution in [0.2, 0.25) is 0 Å². The minimum atomic E-state index is -0.269. The molecule has 0 aliphatic carbocycles. The van der Waals surface area contributed by atoms with Crippen LogP contribution >= 0.6 is 0 Å². The van der Waals surface area contributed by atoms with Crippen molar-refractivity contribution in [3.63, 3.8) is 0 Å². The molecule has 0 aromatic heterocycles. The number of rotatable bonds is 9. The van der Waals surface area contributed by atoms with E-state index in [1.165, 1.54) is 23.3 Å². The van der Waals surface area contributed by atoms with Crippen molar-refractivity contribution in [2.75, 3.05) is 20.3 Å². The molecule has 23 heavy (non-hydrogen) atoms. The summed E-state index contributed by atoms with van der Waals surface area (Å²) in [5, 5.41) is 3.38. The number of benzene rings is 2. The Kier molecular flexibility index (Phi) is 7.04. The average molecular weight is 317 g/mol. The Labute approximate surface area is 137 Å². The average Bonchev–Trinajstić information content (AvgIpc) is 2.58. The van der Waals surface area contributed by atoms with E-state index in [4.69, 9.17) is 9.47 Å². The monoisotopic (exact) mass is 317 g/mol. The summed E-state index contributed by atoms with van der Waals surface area (Å²) >= 11 is 0.